The SMILES string of the molecule is C/C=C/C1C2Cc3c(C(=O)O)n[nH]c3C12. The Labute approximate surface area is 87.0 Å². The van der Waals surface area contributed by atoms with Crippen LogP contribution in [0.5, 0.6) is 0 Å². The van der Waals surface area contributed by atoms with Crippen molar-refractivity contribution in [3.05, 3.63) is 29.1 Å². The van der Waals surface area contributed by atoms with Crippen molar-refractivity contribution < 1.29 is 9.90 Å². The highest BCUT2D eigenvalue weighted by atomic mass is 16.4. The molecule has 2 N–H and O–H groups in total. The maximum Gasteiger partial charge on any atom is 0.356 e. The second-order valence-electron chi connectivity index (χ2n) is 4.27. The average molecular weight is 204 g/mol. The number of carbonyl (C=O) groups is 1. The number of aromatic nitrogens is 2. The van der Waals surface area contributed by atoms with Crippen LogP contribution in [0.1, 0.15) is 34.6 Å². The molecule has 78 valence electrons. The summed E-state index contributed by atoms with van der Waals surface area (Å²) in [6, 6.07) is 0. The quantitative estimate of drug-likeness (QED) is 0.718. The molecule has 2 aliphatic carbocycles. The van der Waals surface area contributed by atoms with Crippen LogP contribution < -0.4 is 0 Å². The third-order valence-corrected chi connectivity index (χ3v) is 3.52. The van der Waals surface area contributed by atoms with Gasteiger partial charge in [0.05, 0.1) is 0 Å². The summed E-state index contributed by atoms with van der Waals surface area (Å²) in [5.74, 6) is 0.793. The van der Waals surface area contributed by atoms with E-state index >= 15 is 0 Å². The molecule has 1 aromatic heterocycles. The fourth-order valence-electron chi connectivity index (χ4n) is 2.83. The number of aromatic amines is 1. The van der Waals surface area contributed by atoms with Gasteiger partial charge in [-0.25, -0.2) is 4.79 Å². The zero-order valence-corrected chi connectivity index (χ0v) is 8.40. The first kappa shape index (κ1) is 8.71. The number of H-pyrrole nitrogens is 1. The lowest BCUT2D eigenvalue weighted by Gasteiger charge is -1.98. The molecule has 3 atom stereocenters. The first-order valence-electron chi connectivity index (χ1n) is 5.17. The van der Waals surface area contributed by atoms with E-state index in [4.69, 9.17) is 5.11 Å². The smallest absolute Gasteiger partial charge is 0.356 e. The number of aromatic carboxylic acids is 1. The summed E-state index contributed by atoms with van der Waals surface area (Å²) in [7, 11) is 0. The van der Waals surface area contributed by atoms with Crippen LogP contribution in [0.3, 0.4) is 0 Å². The fourth-order valence-corrected chi connectivity index (χ4v) is 2.83. The summed E-state index contributed by atoms with van der Waals surface area (Å²) >= 11 is 0. The zero-order valence-electron chi connectivity index (χ0n) is 8.40. The minimum atomic E-state index is -0.920. The van der Waals surface area contributed by atoms with Crippen LogP contribution in [0.4, 0.5) is 0 Å². The van der Waals surface area contributed by atoms with Gasteiger partial charge < -0.3 is 5.11 Å². The Bertz CT molecular complexity index is 461. The monoisotopic (exact) mass is 204 g/mol. The standard InChI is InChI=1S/C11H12N2O2/c1-2-3-5-6-4-7-9(8(5)6)12-13-10(7)11(14)15/h2-3,5-6,8H,4H2,1H3,(H,12,13)(H,14,15)/b3-2+. The summed E-state index contributed by atoms with van der Waals surface area (Å²) in [6.45, 7) is 2.02. The summed E-state index contributed by atoms with van der Waals surface area (Å²) in [6.07, 6.45) is 5.14. The lowest BCUT2D eigenvalue weighted by Crippen LogP contribution is -2.02. The molecule has 15 heavy (non-hydrogen) atoms. The fraction of sp³-hybridized carbons (Fsp3) is 0.455. The van der Waals surface area contributed by atoms with Crippen molar-refractivity contribution in [2.75, 3.05) is 0 Å². The van der Waals surface area contributed by atoms with E-state index in [0.717, 1.165) is 17.7 Å². The number of nitrogens with zero attached hydrogens (tertiary/aromatic N) is 1. The Morgan fingerprint density at radius 3 is 3.13 bits per heavy atom. The second-order valence-corrected chi connectivity index (χ2v) is 4.27. The molecule has 0 aliphatic heterocycles. The Morgan fingerprint density at radius 2 is 2.47 bits per heavy atom. The number of rotatable bonds is 2. The van der Waals surface area contributed by atoms with Crippen molar-refractivity contribution in [3.8, 4) is 0 Å². The van der Waals surface area contributed by atoms with E-state index in [2.05, 4.69) is 22.3 Å². The van der Waals surface area contributed by atoms with Gasteiger partial charge in [-0.05, 0) is 25.2 Å². The van der Waals surface area contributed by atoms with Gasteiger partial charge in [0.1, 0.15) is 0 Å². The van der Waals surface area contributed by atoms with Crippen LogP contribution in [0, 0.1) is 11.8 Å². The molecule has 0 saturated heterocycles. The lowest BCUT2D eigenvalue weighted by molar-refractivity contribution is 0.0689. The molecule has 0 aromatic carbocycles. The van der Waals surface area contributed by atoms with E-state index in [1.54, 1.807) is 0 Å². The molecule has 3 rings (SSSR count). The number of allylic oxidation sites excluding steroid dienone is 2. The molecule has 1 fully saturated rings. The van der Waals surface area contributed by atoms with Gasteiger partial charge in [0.15, 0.2) is 5.69 Å². The molecule has 2 aliphatic rings. The predicted molar refractivity (Wildman–Crippen MR) is 53.8 cm³/mol. The molecule has 0 spiro atoms. The molecule has 0 radical (unpaired) electrons. The maximum atomic E-state index is 10.9. The van der Waals surface area contributed by atoms with Crippen molar-refractivity contribution in [3.63, 3.8) is 0 Å². The molecule has 0 bridgehead atoms. The molecule has 3 unspecified atom stereocenters. The van der Waals surface area contributed by atoms with Gasteiger partial charge in [0.2, 0.25) is 0 Å². The van der Waals surface area contributed by atoms with E-state index in [1.807, 2.05) is 6.92 Å². The minimum Gasteiger partial charge on any atom is -0.476 e. The van der Waals surface area contributed by atoms with E-state index in [9.17, 15) is 4.79 Å². The van der Waals surface area contributed by atoms with Crippen molar-refractivity contribution in [1.29, 1.82) is 0 Å². The van der Waals surface area contributed by atoms with Gasteiger partial charge in [-0.2, -0.15) is 5.10 Å². The molecular formula is C11H12N2O2. The van der Waals surface area contributed by atoms with Crippen molar-refractivity contribution in [1.82, 2.24) is 10.2 Å². The molecule has 1 saturated carbocycles. The molecule has 4 heteroatoms. The van der Waals surface area contributed by atoms with Crippen LogP contribution >= 0.6 is 0 Å². The molecule has 0 amide bonds. The molecular weight excluding hydrogens is 192 g/mol. The normalized spacial score (nSPS) is 31.7. The van der Waals surface area contributed by atoms with E-state index in [-0.39, 0.29) is 5.69 Å². The number of hydrogen-bond acceptors (Lipinski definition) is 2. The number of carboxylic acids is 1. The van der Waals surface area contributed by atoms with Crippen molar-refractivity contribution in [2.24, 2.45) is 11.8 Å². The average Bonchev–Trinajstić information content (AvgIpc) is 2.60. The van der Waals surface area contributed by atoms with E-state index in [0.29, 0.717) is 17.8 Å². The molecule has 1 heterocycles. The van der Waals surface area contributed by atoms with Gasteiger partial charge in [0, 0.05) is 17.2 Å². The van der Waals surface area contributed by atoms with Crippen LogP contribution in [0.15, 0.2) is 12.2 Å². The van der Waals surface area contributed by atoms with E-state index in [1.165, 1.54) is 0 Å². The minimum absolute atomic E-state index is 0.219. The Balaban J connectivity index is 1.94. The van der Waals surface area contributed by atoms with Gasteiger partial charge >= 0.3 is 5.97 Å². The summed E-state index contributed by atoms with van der Waals surface area (Å²) < 4.78 is 0. The summed E-state index contributed by atoms with van der Waals surface area (Å²) in [5.41, 5.74) is 2.20. The van der Waals surface area contributed by atoms with Gasteiger partial charge in [0.25, 0.3) is 0 Å². The Kier molecular flexibility index (Phi) is 1.58. The zero-order chi connectivity index (χ0) is 10.6. The van der Waals surface area contributed by atoms with Crippen molar-refractivity contribution >= 4 is 5.97 Å². The van der Waals surface area contributed by atoms with E-state index < -0.39 is 5.97 Å². The highest BCUT2D eigenvalue weighted by Crippen LogP contribution is 2.61. The summed E-state index contributed by atoms with van der Waals surface area (Å²) in [5, 5.41) is 15.7. The third-order valence-electron chi connectivity index (χ3n) is 3.52. The molecule has 4 nitrogen and oxygen atoms in total. The first-order valence-corrected chi connectivity index (χ1v) is 5.17. The number of nitrogens with one attached hydrogen (secondary N) is 1. The van der Waals surface area contributed by atoms with Gasteiger partial charge in [-0.1, -0.05) is 12.2 Å². The largest absolute Gasteiger partial charge is 0.476 e. The van der Waals surface area contributed by atoms with Crippen LogP contribution in [0.2, 0.25) is 0 Å². The highest BCUT2D eigenvalue weighted by molar-refractivity contribution is 5.88. The van der Waals surface area contributed by atoms with Crippen LogP contribution in [-0.4, -0.2) is 21.3 Å². The highest BCUT2D eigenvalue weighted by Gasteiger charge is 2.56. The van der Waals surface area contributed by atoms with Gasteiger partial charge in [-0.3, -0.25) is 5.10 Å². The summed E-state index contributed by atoms with van der Waals surface area (Å²) in [4.78, 5) is 10.9. The topological polar surface area (TPSA) is 66.0 Å². The Morgan fingerprint density at radius 1 is 1.67 bits per heavy atom. The number of carboxylic acid groups (broad SMARTS) is 1. The third kappa shape index (κ3) is 1.02. The van der Waals surface area contributed by atoms with Gasteiger partial charge in [-0.15, -0.1) is 0 Å². The Hall–Kier alpha value is -1.58. The maximum absolute atomic E-state index is 10.9. The molecule has 1 aromatic rings. The number of hydrogen-bond donors (Lipinski definition) is 2. The predicted octanol–water partition coefficient (Wildman–Crippen LogP) is 1.57. The number of fused-ring (bicyclic) bond motifs is 3. The lowest BCUT2D eigenvalue weighted by atomic mass is 10.1. The van der Waals surface area contributed by atoms with Crippen LogP contribution in [-0.2, 0) is 6.42 Å². The van der Waals surface area contributed by atoms with Crippen molar-refractivity contribution in [2.45, 2.75) is 19.3 Å². The second kappa shape index (κ2) is 2.72. The first-order chi connectivity index (χ1) is 7.24. The van der Waals surface area contributed by atoms with Crippen LogP contribution in [0.25, 0.3) is 0 Å².